The Labute approximate surface area is 255 Å². The standard InChI is InChI=1S/C24H28N5O13P3/c25-22-19-23(27-14-26-22)29(15-28-19)24-21(38-12-17-9-5-2-6-10-17)20(37-11-16-7-3-1-4-8-16)18(40-24)13-39-44(33,34)42-45(35,36)41-43(30,31)32/h1-10,14-15,18,20-21,24H,11-13H2,(H,33,34)(H,35,36)(H2,25,26,27)(H2,30,31,32)/t18-,20-,21-,24+/m1/s1. The van der Waals surface area contributed by atoms with E-state index in [1.165, 1.54) is 17.2 Å². The minimum absolute atomic E-state index is 0.0539. The van der Waals surface area contributed by atoms with Crippen molar-refractivity contribution >= 4 is 40.4 Å². The van der Waals surface area contributed by atoms with E-state index < -0.39 is 54.6 Å². The van der Waals surface area contributed by atoms with Crippen molar-refractivity contribution in [2.24, 2.45) is 0 Å². The minimum atomic E-state index is -5.74. The third-order valence-electron chi connectivity index (χ3n) is 6.34. The van der Waals surface area contributed by atoms with Crippen LogP contribution in [0.25, 0.3) is 11.2 Å². The highest BCUT2D eigenvalue weighted by Crippen LogP contribution is 2.66. The molecule has 0 spiro atoms. The van der Waals surface area contributed by atoms with Crippen molar-refractivity contribution in [3.05, 3.63) is 84.4 Å². The Balaban J connectivity index is 1.45. The summed E-state index contributed by atoms with van der Waals surface area (Å²) in [4.78, 5) is 49.7. The van der Waals surface area contributed by atoms with E-state index in [-0.39, 0.29) is 30.2 Å². The zero-order valence-corrected chi connectivity index (χ0v) is 25.7. The van der Waals surface area contributed by atoms with Gasteiger partial charge in [-0.3, -0.25) is 9.09 Å². The van der Waals surface area contributed by atoms with Gasteiger partial charge in [0.1, 0.15) is 30.2 Å². The Morgan fingerprint density at radius 2 is 1.40 bits per heavy atom. The third-order valence-corrected chi connectivity index (χ3v) is 10.1. The summed E-state index contributed by atoms with van der Waals surface area (Å²) in [5.74, 6) is 0.111. The number of anilines is 1. The Hall–Kier alpha value is -2.92. The number of imidazole rings is 1. The number of nitrogens with two attached hydrogens (primary N) is 1. The van der Waals surface area contributed by atoms with E-state index in [4.69, 9.17) is 34.3 Å². The number of ether oxygens (including phenoxy) is 3. The number of fused-ring (bicyclic) bond motifs is 1. The second kappa shape index (κ2) is 13.8. The fourth-order valence-corrected chi connectivity index (χ4v) is 7.54. The van der Waals surface area contributed by atoms with Gasteiger partial charge in [0, 0.05) is 0 Å². The van der Waals surface area contributed by atoms with E-state index in [2.05, 4.69) is 23.6 Å². The van der Waals surface area contributed by atoms with Crippen molar-refractivity contribution in [3.8, 4) is 0 Å². The van der Waals surface area contributed by atoms with Crippen LogP contribution >= 0.6 is 23.5 Å². The van der Waals surface area contributed by atoms with Crippen LogP contribution < -0.4 is 5.73 Å². The van der Waals surface area contributed by atoms with Crippen molar-refractivity contribution < 1.29 is 60.6 Å². The maximum absolute atomic E-state index is 12.5. The second-order valence-corrected chi connectivity index (χ2v) is 14.0. The number of nitrogen functional groups attached to an aromatic ring is 1. The summed E-state index contributed by atoms with van der Waals surface area (Å²) >= 11 is 0. The predicted molar refractivity (Wildman–Crippen MR) is 154 cm³/mol. The molecule has 1 aliphatic heterocycles. The van der Waals surface area contributed by atoms with E-state index in [0.717, 1.165) is 11.1 Å². The van der Waals surface area contributed by atoms with Crippen molar-refractivity contribution in [2.45, 2.75) is 37.8 Å². The van der Waals surface area contributed by atoms with Crippen molar-refractivity contribution in [3.63, 3.8) is 0 Å². The average molecular weight is 687 g/mol. The molecular formula is C24H28N5O13P3. The molecule has 0 radical (unpaired) electrons. The summed E-state index contributed by atoms with van der Waals surface area (Å²) in [6.45, 7) is -0.629. The van der Waals surface area contributed by atoms with Crippen LogP contribution in [0.1, 0.15) is 17.4 Å². The lowest BCUT2D eigenvalue weighted by Crippen LogP contribution is -2.38. The maximum Gasteiger partial charge on any atom is 0.490 e. The lowest BCUT2D eigenvalue weighted by atomic mass is 10.1. The molecule has 18 nitrogen and oxygen atoms in total. The normalized spacial score (nSPS) is 23.1. The molecule has 0 aliphatic carbocycles. The fourth-order valence-electron chi connectivity index (χ4n) is 4.51. The molecule has 3 heterocycles. The predicted octanol–water partition coefficient (Wildman–Crippen LogP) is 2.82. The average Bonchev–Trinajstić information content (AvgIpc) is 3.55. The summed E-state index contributed by atoms with van der Waals surface area (Å²) < 4.78 is 68.3. The monoisotopic (exact) mass is 687 g/mol. The molecule has 2 aromatic heterocycles. The first-order chi connectivity index (χ1) is 21.3. The zero-order chi connectivity index (χ0) is 32.2. The van der Waals surface area contributed by atoms with E-state index >= 15 is 0 Å². The number of benzene rings is 2. The molecule has 6 N–H and O–H groups in total. The molecular weight excluding hydrogens is 659 g/mol. The number of hydrogen-bond donors (Lipinski definition) is 5. The summed E-state index contributed by atoms with van der Waals surface area (Å²) in [5, 5.41) is 0. The molecule has 2 aromatic carbocycles. The molecule has 0 amide bonds. The van der Waals surface area contributed by atoms with Crippen LogP contribution in [0.5, 0.6) is 0 Å². The smallest absolute Gasteiger partial charge is 0.382 e. The van der Waals surface area contributed by atoms with Crippen LogP contribution in [0.15, 0.2) is 73.3 Å². The van der Waals surface area contributed by atoms with Crippen molar-refractivity contribution in [1.82, 2.24) is 19.5 Å². The van der Waals surface area contributed by atoms with Crippen LogP contribution in [-0.4, -0.2) is 64.0 Å². The molecule has 0 bridgehead atoms. The van der Waals surface area contributed by atoms with Gasteiger partial charge < -0.3 is 39.5 Å². The highest BCUT2D eigenvalue weighted by atomic mass is 31.3. The van der Waals surface area contributed by atoms with Crippen molar-refractivity contribution in [1.29, 1.82) is 0 Å². The van der Waals surface area contributed by atoms with Crippen LogP contribution in [0.4, 0.5) is 5.82 Å². The van der Waals surface area contributed by atoms with E-state index in [9.17, 15) is 23.5 Å². The first-order valence-electron chi connectivity index (χ1n) is 13.0. The van der Waals surface area contributed by atoms with E-state index in [1.807, 2.05) is 60.7 Å². The Morgan fingerprint density at radius 1 is 0.800 bits per heavy atom. The van der Waals surface area contributed by atoms with Crippen LogP contribution in [0, 0.1) is 0 Å². The van der Waals surface area contributed by atoms with Gasteiger partial charge in [-0.15, -0.1) is 0 Å². The molecule has 1 fully saturated rings. The van der Waals surface area contributed by atoms with Gasteiger partial charge in [0.2, 0.25) is 0 Å². The van der Waals surface area contributed by atoms with Crippen LogP contribution in [0.3, 0.4) is 0 Å². The van der Waals surface area contributed by atoms with Gasteiger partial charge in [0.25, 0.3) is 0 Å². The third kappa shape index (κ3) is 8.87. The SMILES string of the molecule is Nc1ncnc2c1ncn2[C@H]1O[C@H](COP(=O)(O)OP(=O)(O)OP(=O)(O)O)[C@@H](OCc2ccccc2)[C@H]1OCc1ccccc1. The second-order valence-electron chi connectivity index (χ2n) is 9.56. The van der Waals surface area contributed by atoms with Gasteiger partial charge in [0.15, 0.2) is 17.7 Å². The van der Waals surface area contributed by atoms with E-state index in [0.29, 0.717) is 0 Å². The Kier molecular flexibility index (Phi) is 10.3. The topological polar surface area (TPSA) is 257 Å². The molecule has 2 unspecified atom stereocenters. The molecule has 4 aromatic rings. The zero-order valence-electron chi connectivity index (χ0n) is 23.0. The molecule has 1 aliphatic rings. The highest BCUT2D eigenvalue weighted by Gasteiger charge is 2.49. The van der Waals surface area contributed by atoms with Gasteiger partial charge in [0.05, 0.1) is 26.1 Å². The minimum Gasteiger partial charge on any atom is -0.382 e. The molecule has 1 saturated heterocycles. The van der Waals surface area contributed by atoms with E-state index in [1.54, 1.807) is 0 Å². The quantitative estimate of drug-likeness (QED) is 0.119. The summed E-state index contributed by atoms with van der Waals surface area (Å²) in [6.07, 6.45) is -1.52. The molecule has 21 heteroatoms. The number of aromatic nitrogens is 4. The summed E-state index contributed by atoms with van der Waals surface area (Å²) in [5.41, 5.74) is 8.13. The number of phosphoric ester groups is 1. The van der Waals surface area contributed by atoms with Gasteiger partial charge in [-0.2, -0.15) is 8.62 Å². The Morgan fingerprint density at radius 3 is 2.00 bits per heavy atom. The summed E-state index contributed by atoms with van der Waals surface area (Å²) in [7, 11) is -16.8. The maximum atomic E-state index is 12.5. The fraction of sp³-hybridized carbons (Fsp3) is 0.292. The van der Waals surface area contributed by atoms with Crippen LogP contribution in [0.2, 0.25) is 0 Å². The molecule has 5 rings (SSSR count). The summed E-state index contributed by atoms with van der Waals surface area (Å²) in [6, 6.07) is 18.3. The van der Waals surface area contributed by atoms with Crippen LogP contribution in [-0.2, 0) is 54.3 Å². The molecule has 6 atom stereocenters. The molecule has 242 valence electrons. The van der Waals surface area contributed by atoms with Gasteiger partial charge in [-0.25, -0.2) is 28.6 Å². The lowest BCUT2D eigenvalue weighted by molar-refractivity contribution is -0.0898. The number of hydrogen-bond acceptors (Lipinski definition) is 13. The van der Waals surface area contributed by atoms with Gasteiger partial charge in [-0.1, -0.05) is 60.7 Å². The number of nitrogens with zero attached hydrogens (tertiary/aromatic N) is 4. The first kappa shape index (κ1) is 33.4. The molecule has 0 saturated carbocycles. The Bertz CT molecular complexity index is 1740. The number of rotatable bonds is 14. The largest absolute Gasteiger partial charge is 0.490 e. The molecule has 45 heavy (non-hydrogen) atoms. The number of phosphoric acid groups is 3. The van der Waals surface area contributed by atoms with Gasteiger partial charge >= 0.3 is 23.5 Å². The van der Waals surface area contributed by atoms with Gasteiger partial charge in [-0.05, 0) is 11.1 Å². The highest BCUT2D eigenvalue weighted by molar-refractivity contribution is 7.66. The first-order valence-corrected chi connectivity index (χ1v) is 17.5. The van der Waals surface area contributed by atoms with Crippen molar-refractivity contribution in [2.75, 3.05) is 12.3 Å². The lowest BCUT2D eigenvalue weighted by Gasteiger charge is -2.25.